The Bertz CT molecular complexity index is 1100. The van der Waals surface area contributed by atoms with E-state index in [4.69, 9.17) is 0 Å². The van der Waals surface area contributed by atoms with Gasteiger partial charge in [0.2, 0.25) is 0 Å². The van der Waals surface area contributed by atoms with Crippen LogP contribution in [0.25, 0.3) is 10.9 Å². The smallest absolute Gasteiger partial charge is 0.186 e. The van der Waals surface area contributed by atoms with Gasteiger partial charge in [0, 0.05) is 22.7 Å². The molecule has 8 nitrogen and oxygen atoms in total. The molecule has 2 heterocycles. The highest BCUT2D eigenvalue weighted by atomic mass is 32.2. The van der Waals surface area contributed by atoms with Crippen molar-refractivity contribution in [3.8, 4) is 5.75 Å². The fourth-order valence-electron chi connectivity index (χ4n) is 2.44. The molecule has 0 bridgehead atoms. The molecule has 0 atom stereocenters. The summed E-state index contributed by atoms with van der Waals surface area (Å²) in [6.07, 6.45) is 1.34. The molecule has 3 N–H and O–H groups in total. The molecule has 2 aromatic heterocycles. The number of rotatable bonds is 3. The molecule has 0 aliphatic rings. The number of nitrogens with zero attached hydrogens (tertiary/aromatic N) is 3. The molecule has 0 fully saturated rings. The van der Waals surface area contributed by atoms with Crippen molar-refractivity contribution in [3.05, 3.63) is 29.7 Å². The third-order valence-electron chi connectivity index (χ3n) is 4.30. The summed E-state index contributed by atoms with van der Waals surface area (Å²) in [4.78, 5) is 8.19. The normalized spacial score (nSPS) is 12.5. The van der Waals surface area contributed by atoms with E-state index in [0.29, 0.717) is 22.5 Å². The van der Waals surface area contributed by atoms with Crippen molar-refractivity contribution in [2.75, 3.05) is 5.32 Å². The number of hydrogen-bond acceptors (Lipinski definition) is 7. The second-order valence-electron chi connectivity index (χ2n) is 7.12. The van der Waals surface area contributed by atoms with E-state index in [2.05, 4.69) is 25.5 Å². The molecule has 0 aliphatic carbocycles. The van der Waals surface area contributed by atoms with Gasteiger partial charge in [-0.2, -0.15) is 5.10 Å². The third-order valence-corrected chi connectivity index (χ3v) is 6.82. The molecular weight excluding hydrogens is 354 g/mol. The first kappa shape index (κ1) is 18.1. The van der Waals surface area contributed by atoms with Gasteiger partial charge >= 0.3 is 0 Å². The summed E-state index contributed by atoms with van der Waals surface area (Å²) in [5.41, 5.74) is 2.27. The lowest BCUT2D eigenvalue weighted by atomic mass is 10.2. The van der Waals surface area contributed by atoms with Crippen LogP contribution in [0.4, 0.5) is 11.6 Å². The predicted molar refractivity (Wildman–Crippen MR) is 99.5 cm³/mol. The molecule has 3 aromatic rings. The fourth-order valence-corrected chi connectivity index (χ4v) is 3.70. The number of phenols is 1. The minimum atomic E-state index is -3.75. The maximum Gasteiger partial charge on any atom is 0.186 e. The highest BCUT2D eigenvalue weighted by Crippen LogP contribution is 2.36. The number of anilines is 2. The van der Waals surface area contributed by atoms with Crippen LogP contribution in [0.2, 0.25) is 0 Å². The Morgan fingerprint density at radius 3 is 2.38 bits per heavy atom. The van der Waals surface area contributed by atoms with E-state index in [1.165, 1.54) is 18.5 Å². The van der Waals surface area contributed by atoms with E-state index < -0.39 is 14.6 Å². The molecular formula is C17H21N5O3S. The number of fused-ring (bicyclic) bond motifs is 1. The van der Waals surface area contributed by atoms with Gasteiger partial charge in [0.1, 0.15) is 22.8 Å². The summed E-state index contributed by atoms with van der Waals surface area (Å²) in [7, 11) is -3.75. The fraction of sp³-hybridized carbons (Fsp3) is 0.353. The standard InChI is InChI=1S/C17H21N5O3S/c1-9-10(2)21-22-15(9)20-16-11-6-14(26(24,25)17(3,4)5)13(23)7-12(11)18-8-19-16/h6-8,23H,1-5H3,(H2,18,19,20,21,22). The minimum absolute atomic E-state index is 0.148. The number of nitrogens with one attached hydrogen (secondary N) is 2. The third kappa shape index (κ3) is 2.88. The summed E-state index contributed by atoms with van der Waals surface area (Å²) >= 11 is 0. The number of aryl methyl sites for hydroxylation is 1. The van der Waals surface area contributed by atoms with Gasteiger partial charge in [-0.15, -0.1) is 0 Å². The van der Waals surface area contributed by atoms with Crippen molar-refractivity contribution >= 4 is 32.4 Å². The van der Waals surface area contributed by atoms with Gasteiger partial charge in [-0.05, 0) is 40.7 Å². The Morgan fingerprint density at radius 1 is 1.12 bits per heavy atom. The molecule has 0 radical (unpaired) electrons. The summed E-state index contributed by atoms with van der Waals surface area (Å²) < 4.78 is 24.6. The predicted octanol–water partition coefficient (Wildman–Crippen LogP) is 2.99. The first-order valence-corrected chi connectivity index (χ1v) is 9.51. The molecule has 9 heteroatoms. The van der Waals surface area contributed by atoms with E-state index in [1.54, 1.807) is 20.8 Å². The largest absolute Gasteiger partial charge is 0.507 e. The summed E-state index contributed by atoms with van der Waals surface area (Å²) in [5, 5.41) is 20.9. The molecule has 0 unspecified atom stereocenters. The van der Waals surface area contributed by atoms with Crippen molar-refractivity contribution in [1.29, 1.82) is 0 Å². The first-order chi connectivity index (χ1) is 12.0. The lowest BCUT2D eigenvalue weighted by molar-refractivity contribution is 0.457. The zero-order valence-electron chi connectivity index (χ0n) is 15.2. The van der Waals surface area contributed by atoms with Crippen LogP contribution in [0.15, 0.2) is 23.4 Å². The molecule has 0 spiro atoms. The second-order valence-corrected chi connectivity index (χ2v) is 9.79. The summed E-state index contributed by atoms with van der Waals surface area (Å²) in [5.74, 6) is 0.676. The van der Waals surface area contributed by atoms with Crippen LogP contribution < -0.4 is 5.32 Å². The highest BCUT2D eigenvalue weighted by molar-refractivity contribution is 7.92. The molecule has 0 saturated carbocycles. The Labute approximate surface area is 151 Å². The number of aromatic amines is 1. The van der Waals surface area contributed by atoms with Gasteiger partial charge in [-0.1, -0.05) is 0 Å². The SMILES string of the molecule is Cc1[nH]nc(Nc2ncnc3cc(O)c(S(=O)(=O)C(C)(C)C)cc23)c1C. The molecule has 0 amide bonds. The number of hydrogen-bond donors (Lipinski definition) is 3. The Kier molecular flexibility index (Phi) is 4.14. The zero-order chi connectivity index (χ0) is 19.3. The average Bonchev–Trinajstić information content (AvgIpc) is 2.85. The Hall–Kier alpha value is -2.68. The van der Waals surface area contributed by atoms with E-state index in [-0.39, 0.29) is 10.6 Å². The first-order valence-electron chi connectivity index (χ1n) is 8.03. The van der Waals surface area contributed by atoms with E-state index in [1.807, 2.05) is 13.8 Å². The maximum absolute atomic E-state index is 12.8. The average molecular weight is 375 g/mol. The van der Waals surface area contributed by atoms with Gasteiger partial charge in [0.25, 0.3) is 0 Å². The number of phenolic OH excluding ortho intramolecular Hbond substituents is 1. The Morgan fingerprint density at radius 2 is 1.81 bits per heavy atom. The number of aromatic hydroxyl groups is 1. The zero-order valence-corrected chi connectivity index (χ0v) is 16.1. The van der Waals surface area contributed by atoms with Crippen molar-refractivity contribution in [2.24, 2.45) is 0 Å². The lowest BCUT2D eigenvalue weighted by Gasteiger charge is -2.20. The van der Waals surface area contributed by atoms with Crippen molar-refractivity contribution in [2.45, 2.75) is 44.3 Å². The lowest BCUT2D eigenvalue weighted by Crippen LogP contribution is -2.28. The maximum atomic E-state index is 12.8. The van der Waals surface area contributed by atoms with Crippen LogP contribution in [0.3, 0.4) is 0 Å². The number of aromatic nitrogens is 4. The quantitative estimate of drug-likeness (QED) is 0.643. The van der Waals surface area contributed by atoms with Crippen molar-refractivity contribution < 1.29 is 13.5 Å². The van der Waals surface area contributed by atoms with Crippen LogP contribution in [-0.4, -0.2) is 38.4 Å². The molecule has 0 aliphatic heterocycles. The van der Waals surface area contributed by atoms with Gasteiger partial charge in [0.15, 0.2) is 15.7 Å². The van der Waals surface area contributed by atoms with Crippen LogP contribution in [0.5, 0.6) is 5.75 Å². The van der Waals surface area contributed by atoms with Crippen LogP contribution in [0.1, 0.15) is 32.0 Å². The van der Waals surface area contributed by atoms with Crippen LogP contribution >= 0.6 is 0 Å². The summed E-state index contributed by atoms with van der Waals surface area (Å²) in [6, 6.07) is 2.74. The van der Waals surface area contributed by atoms with Crippen molar-refractivity contribution in [1.82, 2.24) is 20.2 Å². The van der Waals surface area contributed by atoms with Gasteiger partial charge in [0.05, 0.1) is 10.3 Å². The minimum Gasteiger partial charge on any atom is -0.507 e. The number of sulfone groups is 1. The molecule has 3 rings (SSSR count). The van der Waals surface area contributed by atoms with E-state index >= 15 is 0 Å². The van der Waals surface area contributed by atoms with Gasteiger partial charge in [-0.3, -0.25) is 5.10 Å². The van der Waals surface area contributed by atoms with Crippen LogP contribution in [-0.2, 0) is 9.84 Å². The molecule has 138 valence electrons. The molecule has 1 aromatic carbocycles. The monoisotopic (exact) mass is 375 g/mol. The number of benzene rings is 1. The van der Waals surface area contributed by atoms with Gasteiger partial charge < -0.3 is 10.4 Å². The van der Waals surface area contributed by atoms with E-state index in [9.17, 15) is 13.5 Å². The van der Waals surface area contributed by atoms with Crippen molar-refractivity contribution in [3.63, 3.8) is 0 Å². The van der Waals surface area contributed by atoms with Gasteiger partial charge in [-0.25, -0.2) is 18.4 Å². The molecule has 0 saturated heterocycles. The molecule has 26 heavy (non-hydrogen) atoms. The summed E-state index contributed by atoms with van der Waals surface area (Å²) in [6.45, 7) is 8.57. The van der Waals surface area contributed by atoms with Crippen LogP contribution in [0, 0.1) is 13.8 Å². The van der Waals surface area contributed by atoms with E-state index in [0.717, 1.165) is 11.3 Å². The number of H-pyrrole nitrogens is 1. The highest BCUT2D eigenvalue weighted by Gasteiger charge is 2.33. The second kappa shape index (κ2) is 5.94. The Balaban J connectivity index is 2.21. The topological polar surface area (TPSA) is 121 Å².